The second-order valence-corrected chi connectivity index (χ2v) is 5.97. The Bertz CT molecular complexity index is 899. The van der Waals surface area contributed by atoms with E-state index < -0.39 is 0 Å². The lowest BCUT2D eigenvalue weighted by Crippen LogP contribution is -2.02. The smallest absolute Gasteiger partial charge is 0.141 e. The molecule has 114 valence electrons. The monoisotopic (exact) mass is 302 g/mol. The number of phenolic OH excluding ortho intramolecular Hbond substituents is 1. The normalized spacial score (nSPS) is 14.3. The van der Waals surface area contributed by atoms with Crippen molar-refractivity contribution in [3.63, 3.8) is 0 Å². The van der Waals surface area contributed by atoms with Crippen LogP contribution >= 0.6 is 0 Å². The first-order valence-corrected chi connectivity index (χ1v) is 8.05. The molecular weight excluding hydrogens is 284 g/mol. The molecule has 3 aromatic rings. The molecule has 0 aliphatic heterocycles. The van der Waals surface area contributed by atoms with Crippen LogP contribution in [0.3, 0.4) is 0 Å². The Labute approximate surface area is 135 Å². The zero-order valence-corrected chi connectivity index (χ0v) is 12.9. The number of aliphatic imine (C=N–C) groups is 1. The van der Waals surface area contributed by atoms with Gasteiger partial charge in [-0.05, 0) is 55.0 Å². The van der Waals surface area contributed by atoms with E-state index in [4.69, 9.17) is 0 Å². The van der Waals surface area contributed by atoms with Crippen LogP contribution in [0, 0.1) is 0 Å². The molecule has 4 rings (SSSR count). The summed E-state index contributed by atoms with van der Waals surface area (Å²) in [4.78, 5) is 9.16. The zero-order chi connectivity index (χ0) is 15.6. The number of aryl methyl sites for hydroxylation is 1. The number of aromatic hydroxyl groups is 1. The standard InChI is InChI=1S/C20H18N2O/c23-19-10-4-7-15-11-12-16(22-20(15)19)13-21-18-9-3-6-14-5-1-2-8-17(14)18/h3-4,6-7,9-13,23H,1-2,5,8H2/b21-13+. The molecule has 0 bridgehead atoms. The van der Waals surface area contributed by atoms with Gasteiger partial charge in [0, 0.05) is 5.39 Å². The van der Waals surface area contributed by atoms with E-state index in [1.807, 2.05) is 24.3 Å². The van der Waals surface area contributed by atoms with Crippen molar-refractivity contribution in [2.24, 2.45) is 4.99 Å². The van der Waals surface area contributed by atoms with E-state index in [1.165, 1.54) is 24.0 Å². The lowest BCUT2D eigenvalue weighted by molar-refractivity contribution is 0.480. The maximum atomic E-state index is 9.93. The molecule has 0 unspecified atom stereocenters. The van der Waals surface area contributed by atoms with Gasteiger partial charge in [0.15, 0.2) is 0 Å². The van der Waals surface area contributed by atoms with Crippen molar-refractivity contribution in [2.45, 2.75) is 25.7 Å². The fourth-order valence-corrected chi connectivity index (χ4v) is 3.24. The third-order valence-electron chi connectivity index (χ3n) is 4.43. The van der Waals surface area contributed by atoms with Crippen molar-refractivity contribution in [3.05, 3.63) is 65.4 Å². The zero-order valence-electron chi connectivity index (χ0n) is 12.9. The number of nitrogens with zero attached hydrogens (tertiary/aromatic N) is 2. The molecule has 1 aliphatic carbocycles. The summed E-state index contributed by atoms with van der Waals surface area (Å²) in [6.07, 6.45) is 6.55. The van der Waals surface area contributed by atoms with Crippen LogP contribution in [0.25, 0.3) is 10.9 Å². The third kappa shape index (κ3) is 2.70. The first-order valence-electron chi connectivity index (χ1n) is 8.05. The Kier molecular flexibility index (Phi) is 3.54. The van der Waals surface area contributed by atoms with Crippen LogP contribution < -0.4 is 0 Å². The molecule has 0 amide bonds. The van der Waals surface area contributed by atoms with Gasteiger partial charge in [-0.15, -0.1) is 0 Å². The van der Waals surface area contributed by atoms with Crippen LogP contribution in [0.5, 0.6) is 5.75 Å². The van der Waals surface area contributed by atoms with Crippen LogP contribution in [0.1, 0.15) is 29.7 Å². The van der Waals surface area contributed by atoms with E-state index in [2.05, 4.69) is 28.2 Å². The average Bonchev–Trinajstić information content (AvgIpc) is 2.60. The highest BCUT2D eigenvalue weighted by atomic mass is 16.3. The minimum Gasteiger partial charge on any atom is -0.506 e. The predicted molar refractivity (Wildman–Crippen MR) is 93.7 cm³/mol. The van der Waals surface area contributed by atoms with Gasteiger partial charge in [-0.25, -0.2) is 4.98 Å². The lowest BCUT2D eigenvalue weighted by Gasteiger charge is -2.16. The quantitative estimate of drug-likeness (QED) is 0.705. The fraction of sp³-hybridized carbons (Fsp3) is 0.200. The second-order valence-electron chi connectivity index (χ2n) is 5.97. The van der Waals surface area contributed by atoms with Gasteiger partial charge in [0.2, 0.25) is 0 Å². The van der Waals surface area contributed by atoms with E-state index in [0.717, 1.165) is 29.6 Å². The SMILES string of the molecule is Oc1cccc2ccc(/C=N/c3cccc4c3CCCC4)nc12. The number of fused-ring (bicyclic) bond motifs is 2. The molecule has 2 aromatic carbocycles. The van der Waals surface area contributed by atoms with Crippen LogP contribution in [-0.2, 0) is 12.8 Å². The van der Waals surface area contributed by atoms with Gasteiger partial charge >= 0.3 is 0 Å². The average molecular weight is 302 g/mol. The molecule has 1 heterocycles. The van der Waals surface area contributed by atoms with E-state index in [1.54, 1.807) is 12.3 Å². The number of phenols is 1. The summed E-state index contributed by atoms with van der Waals surface area (Å²) in [5.74, 6) is 0.204. The lowest BCUT2D eigenvalue weighted by atomic mass is 9.90. The number of para-hydroxylation sites is 1. The first kappa shape index (κ1) is 13.9. The molecule has 3 nitrogen and oxygen atoms in total. The highest BCUT2D eigenvalue weighted by Gasteiger charge is 2.12. The highest BCUT2D eigenvalue weighted by molar-refractivity contribution is 5.89. The van der Waals surface area contributed by atoms with Gasteiger partial charge in [-0.2, -0.15) is 0 Å². The molecule has 0 saturated carbocycles. The minimum atomic E-state index is 0.204. The summed E-state index contributed by atoms with van der Waals surface area (Å²) >= 11 is 0. The molecule has 1 aliphatic rings. The van der Waals surface area contributed by atoms with Gasteiger partial charge in [0.05, 0.1) is 17.6 Å². The Morgan fingerprint density at radius 1 is 0.957 bits per heavy atom. The molecule has 0 atom stereocenters. The van der Waals surface area contributed by atoms with Crippen LogP contribution in [-0.4, -0.2) is 16.3 Å². The Balaban J connectivity index is 1.71. The summed E-state index contributed by atoms with van der Waals surface area (Å²) in [6, 6.07) is 15.7. The summed E-state index contributed by atoms with van der Waals surface area (Å²) in [6.45, 7) is 0. The van der Waals surface area contributed by atoms with E-state index in [9.17, 15) is 5.11 Å². The molecule has 1 N–H and O–H groups in total. The van der Waals surface area contributed by atoms with E-state index in [-0.39, 0.29) is 5.75 Å². The number of benzene rings is 2. The molecule has 0 fully saturated rings. The van der Waals surface area contributed by atoms with Gasteiger partial charge in [0.25, 0.3) is 0 Å². The van der Waals surface area contributed by atoms with Gasteiger partial charge in [-0.3, -0.25) is 4.99 Å². The topological polar surface area (TPSA) is 45.5 Å². The molecule has 1 aromatic heterocycles. The Hall–Kier alpha value is -2.68. The number of hydrogen-bond donors (Lipinski definition) is 1. The van der Waals surface area contributed by atoms with Crippen LogP contribution in [0.4, 0.5) is 5.69 Å². The van der Waals surface area contributed by atoms with Crippen molar-refractivity contribution in [2.75, 3.05) is 0 Å². The van der Waals surface area contributed by atoms with Gasteiger partial charge < -0.3 is 5.11 Å². The molecule has 3 heteroatoms. The Morgan fingerprint density at radius 3 is 2.78 bits per heavy atom. The first-order chi connectivity index (χ1) is 11.3. The Morgan fingerprint density at radius 2 is 1.83 bits per heavy atom. The maximum absolute atomic E-state index is 9.93. The van der Waals surface area contributed by atoms with Crippen molar-refractivity contribution < 1.29 is 5.11 Å². The molecule has 23 heavy (non-hydrogen) atoms. The molecule has 0 radical (unpaired) electrons. The largest absolute Gasteiger partial charge is 0.506 e. The van der Waals surface area contributed by atoms with Crippen LogP contribution in [0.15, 0.2) is 53.5 Å². The summed E-state index contributed by atoms with van der Waals surface area (Å²) < 4.78 is 0. The summed E-state index contributed by atoms with van der Waals surface area (Å²) in [5.41, 5.74) is 5.22. The second kappa shape index (κ2) is 5.84. The summed E-state index contributed by atoms with van der Waals surface area (Å²) in [7, 11) is 0. The minimum absolute atomic E-state index is 0.204. The fourth-order valence-electron chi connectivity index (χ4n) is 3.24. The number of pyridine rings is 1. The van der Waals surface area contributed by atoms with E-state index in [0.29, 0.717) is 5.52 Å². The third-order valence-corrected chi connectivity index (χ3v) is 4.43. The molecule has 0 saturated heterocycles. The summed E-state index contributed by atoms with van der Waals surface area (Å²) in [5, 5.41) is 10.9. The molecular formula is C20H18N2O. The predicted octanol–water partition coefficient (Wildman–Crippen LogP) is 4.57. The van der Waals surface area contributed by atoms with Crippen molar-refractivity contribution in [1.29, 1.82) is 0 Å². The van der Waals surface area contributed by atoms with Crippen molar-refractivity contribution >= 4 is 22.8 Å². The molecule has 0 spiro atoms. The van der Waals surface area contributed by atoms with Gasteiger partial charge in [-0.1, -0.05) is 30.3 Å². The van der Waals surface area contributed by atoms with Crippen molar-refractivity contribution in [3.8, 4) is 5.75 Å². The van der Waals surface area contributed by atoms with Crippen LogP contribution in [0.2, 0.25) is 0 Å². The highest BCUT2D eigenvalue weighted by Crippen LogP contribution is 2.29. The maximum Gasteiger partial charge on any atom is 0.141 e. The van der Waals surface area contributed by atoms with E-state index >= 15 is 0 Å². The van der Waals surface area contributed by atoms with Crippen molar-refractivity contribution in [1.82, 2.24) is 4.98 Å². The van der Waals surface area contributed by atoms with Gasteiger partial charge in [0.1, 0.15) is 11.3 Å². The number of rotatable bonds is 2. The number of aromatic nitrogens is 1. The number of hydrogen-bond acceptors (Lipinski definition) is 3.